The summed E-state index contributed by atoms with van der Waals surface area (Å²) < 4.78 is 0. The zero-order valence-corrected chi connectivity index (χ0v) is 8.38. The van der Waals surface area contributed by atoms with E-state index in [4.69, 9.17) is 11.6 Å². The molecule has 0 atom stereocenters. The fraction of sp³-hybridized carbons (Fsp3) is 0.500. The predicted octanol–water partition coefficient (Wildman–Crippen LogP) is 3.12. The lowest BCUT2D eigenvalue weighted by atomic mass is 10.0. The van der Waals surface area contributed by atoms with Crippen molar-refractivity contribution in [1.29, 1.82) is 0 Å². The first-order valence-electron chi connectivity index (χ1n) is 5.10. The van der Waals surface area contributed by atoms with E-state index < -0.39 is 0 Å². The topological polar surface area (TPSA) is 0 Å². The van der Waals surface area contributed by atoms with Crippen molar-refractivity contribution >= 4 is 11.6 Å². The normalized spacial score (nSPS) is 18.8. The van der Waals surface area contributed by atoms with Gasteiger partial charge in [-0.1, -0.05) is 11.6 Å². The molecule has 0 spiro atoms. The van der Waals surface area contributed by atoms with Crippen molar-refractivity contribution in [2.24, 2.45) is 0 Å². The van der Waals surface area contributed by atoms with Crippen LogP contribution in [0.1, 0.15) is 35.1 Å². The van der Waals surface area contributed by atoms with E-state index >= 15 is 0 Å². The van der Waals surface area contributed by atoms with Crippen LogP contribution in [0.5, 0.6) is 0 Å². The van der Waals surface area contributed by atoms with Gasteiger partial charge in [-0.15, -0.1) is 0 Å². The third-order valence-electron chi connectivity index (χ3n) is 3.27. The molecule has 0 heterocycles. The van der Waals surface area contributed by atoms with Crippen molar-refractivity contribution in [2.45, 2.75) is 38.5 Å². The van der Waals surface area contributed by atoms with Crippen LogP contribution in [-0.2, 0) is 25.7 Å². The van der Waals surface area contributed by atoms with Crippen molar-refractivity contribution in [3.8, 4) is 0 Å². The van der Waals surface area contributed by atoms with Gasteiger partial charge in [-0.05, 0) is 66.8 Å². The van der Waals surface area contributed by atoms with Crippen LogP contribution < -0.4 is 0 Å². The van der Waals surface area contributed by atoms with Crippen molar-refractivity contribution in [3.63, 3.8) is 0 Å². The SMILES string of the molecule is Clc1c2c([c]c3c1CCC3)CCC2. The van der Waals surface area contributed by atoms with Crippen LogP contribution in [-0.4, -0.2) is 0 Å². The van der Waals surface area contributed by atoms with Gasteiger partial charge in [0.1, 0.15) is 0 Å². The predicted molar refractivity (Wildman–Crippen MR) is 54.3 cm³/mol. The number of rotatable bonds is 0. The molecule has 1 aromatic carbocycles. The maximum atomic E-state index is 6.38. The Kier molecular flexibility index (Phi) is 1.66. The maximum absolute atomic E-state index is 6.38. The van der Waals surface area contributed by atoms with Crippen molar-refractivity contribution < 1.29 is 0 Å². The molecule has 13 heavy (non-hydrogen) atoms. The average molecular weight is 192 g/mol. The molecule has 0 N–H and O–H groups in total. The zero-order valence-electron chi connectivity index (χ0n) is 7.62. The Morgan fingerprint density at radius 2 is 1.38 bits per heavy atom. The van der Waals surface area contributed by atoms with E-state index in [9.17, 15) is 0 Å². The largest absolute Gasteiger partial charge is 0.0837 e. The van der Waals surface area contributed by atoms with Crippen molar-refractivity contribution in [2.75, 3.05) is 0 Å². The van der Waals surface area contributed by atoms with Gasteiger partial charge < -0.3 is 0 Å². The first-order chi connectivity index (χ1) is 6.36. The standard InChI is InChI=1S/C12H12Cl/c13-12-10-5-1-3-8(10)7-9-4-2-6-11(9)12/h1-6H2. The molecule has 1 heteroatoms. The number of halogens is 1. The summed E-state index contributed by atoms with van der Waals surface area (Å²) in [7, 11) is 0. The summed E-state index contributed by atoms with van der Waals surface area (Å²) in [4.78, 5) is 0. The summed E-state index contributed by atoms with van der Waals surface area (Å²) in [5, 5.41) is 1.08. The summed E-state index contributed by atoms with van der Waals surface area (Å²) in [6, 6.07) is 3.56. The second kappa shape index (κ2) is 2.75. The highest BCUT2D eigenvalue weighted by Crippen LogP contribution is 2.37. The van der Waals surface area contributed by atoms with E-state index in [0.29, 0.717) is 0 Å². The minimum absolute atomic E-state index is 1.08. The van der Waals surface area contributed by atoms with Gasteiger partial charge in [0, 0.05) is 5.02 Å². The Bertz CT molecular complexity index is 334. The quantitative estimate of drug-likeness (QED) is 0.591. The molecule has 0 saturated heterocycles. The third-order valence-corrected chi connectivity index (χ3v) is 3.72. The van der Waals surface area contributed by atoms with Crippen LogP contribution >= 0.6 is 11.6 Å². The highest BCUT2D eigenvalue weighted by Gasteiger charge is 2.22. The molecular formula is C12H12Cl. The summed E-state index contributed by atoms with van der Waals surface area (Å²) in [6.45, 7) is 0. The molecule has 0 amide bonds. The fourth-order valence-electron chi connectivity index (χ4n) is 2.61. The van der Waals surface area contributed by atoms with Crippen LogP contribution in [0.2, 0.25) is 5.02 Å². The molecule has 0 bridgehead atoms. The van der Waals surface area contributed by atoms with Crippen LogP contribution in [0.4, 0.5) is 0 Å². The summed E-state index contributed by atoms with van der Waals surface area (Å²) in [5.41, 5.74) is 5.63. The maximum Gasteiger partial charge on any atom is 0.0475 e. The van der Waals surface area contributed by atoms with Gasteiger partial charge in [-0.25, -0.2) is 0 Å². The number of fused-ring (bicyclic) bond motifs is 2. The number of benzene rings is 1. The molecule has 1 aromatic rings. The van der Waals surface area contributed by atoms with Gasteiger partial charge in [0.2, 0.25) is 0 Å². The highest BCUT2D eigenvalue weighted by molar-refractivity contribution is 6.32. The number of hydrogen-bond donors (Lipinski definition) is 0. The van der Waals surface area contributed by atoms with Crippen LogP contribution in [0.15, 0.2) is 0 Å². The Morgan fingerprint density at radius 3 is 1.92 bits per heavy atom. The van der Waals surface area contributed by atoms with E-state index in [1.165, 1.54) is 60.8 Å². The van der Waals surface area contributed by atoms with Gasteiger partial charge >= 0.3 is 0 Å². The lowest BCUT2D eigenvalue weighted by molar-refractivity contribution is 0.897. The number of aryl methyl sites for hydroxylation is 2. The second-order valence-corrected chi connectivity index (χ2v) is 4.44. The Labute approximate surface area is 83.9 Å². The summed E-state index contributed by atoms with van der Waals surface area (Å²) in [5.74, 6) is 0. The molecule has 0 saturated carbocycles. The first-order valence-corrected chi connectivity index (χ1v) is 5.48. The molecule has 0 unspecified atom stereocenters. The molecule has 0 aromatic heterocycles. The molecule has 2 aliphatic rings. The van der Waals surface area contributed by atoms with Crippen LogP contribution in [0.3, 0.4) is 0 Å². The minimum atomic E-state index is 1.08. The molecular weight excluding hydrogens is 180 g/mol. The Morgan fingerprint density at radius 1 is 0.846 bits per heavy atom. The first kappa shape index (κ1) is 7.87. The molecule has 67 valence electrons. The minimum Gasteiger partial charge on any atom is -0.0837 e. The van der Waals surface area contributed by atoms with E-state index in [1.807, 2.05) is 0 Å². The van der Waals surface area contributed by atoms with Crippen LogP contribution in [0, 0.1) is 6.07 Å². The van der Waals surface area contributed by atoms with Gasteiger partial charge in [-0.3, -0.25) is 0 Å². The molecule has 0 aliphatic heterocycles. The fourth-order valence-corrected chi connectivity index (χ4v) is 3.03. The lowest BCUT2D eigenvalue weighted by Crippen LogP contribution is -1.92. The van der Waals surface area contributed by atoms with Gasteiger partial charge in [0.25, 0.3) is 0 Å². The summed E-state index contributed by atoms with van der Waals surface area (Å²) >= 11 is 6.38. The molecule has 2 aliphatic carbocycles. The Hall–Kier alpha value is -0.490. The monoisotopic (exact) mass is 191 g/mol. The summed E-state index contributed by atoms with van der Waals surface area (Å²) in [6.07, 6.45) is 7.30. The van der Waals surface area contributed by atoms with Crippen molar-refractivity contribution in [1.82, 2.24) is 0 Å². The number of hydrogen-bond acceptors (Lipinski definition) is 0. The Balaban J connectivity index is 2.26. The van der Waals surface area contributed by atoms with E-state index in [-0.39, 0.29) is 0 Å². The van der Waals surface area contributed by atoms with E-state index in [1.54, 1.807) is 0 Å². The molecule has 0 fully saturated rings. The van der Waals surface area contributed by atoms with E-state index in [0.717, 1.165) is 5.02 Å². The van der Waals surface area contributed by atoms with Crippen LogP contribution in [0.25, 0.3) is 0 Å². The molecule has 3 rings (SSSR count). The third kappa shape index (κ3) is 1.05. The molecule has 1 radical (unpaired) electrons. The van der Waals surface area contributed by atoms with Gasteiger partial charge in [-0.2, -0.15) is 0 Å². The molecule has 0 nitrogen and oxygen atoms in total. The van der Waals surface area contributed by atoms with Gasteiger partial charge in [0.15, 0.2) is 0 Å². The highest BCUT2D eigenvalue weighted by atomic mass is 35.5. The second-order valence-electron chi connectivity index (χ2n) is 4.06. The average Bonchev–Trinajstić information content (AvgIpc) is 2.71. The van der Waals surface area contributed by atoms with E-state index in [2.05, 4.69) is 6.07 Å². The zero-order chi connectivity index (χ0) is 8.84. The lowest BCUT2D eigenvalue weighted by Gasteiger charge is -2.07. The van der Waals surface area contributed by atoms with Gasteiger partial charge in [0.05, 0.1) is 0 Å². The smallest absolute Gasteiger partial charge is 0.0475 e. The van der Waals surface area contributed by atoms with Crippen molar-refractivity contribution in [3.05, 3.63) is 33.3 Å².